The molecule has 0 unspecified atom stereocenters. The molecule has 0 radical (unpaired) electrons. The van der Waals surface area contributed by atoms with Crippen molar-refractivity contribution in [3.05, 3.63) is 0 Å². The quantitative estimate of drug-likeness (QED) is 0.593. The Bertz CT molecular complexity index is 86.9. The van der Waals surface area contributed by atoms with Gasteiger partial charge in [0.05, 0.1) is 0 Å². The molecule has 0 heterocycles. The molecular formula is C9H18S. The lowest BCUT2D eigenvalue weighted by molar-refractivity contribution is 0.389. The van der Waals surface area contributed by atoms with Gasteiger partial charge in [-0.2, -0.15) is 11.8 Å². The standard InChI is InChI=1S/C9H18S/c1-3-9(10-2)7-5-4-6-8-9/h3-8H2,1-2H3. The average Bonchev–Trinajstić information content (AvgIpc) is 2.06. The van der Waals surface area contributed by atoms with Crippen molar-refractivity contribution in [2.45, 2.75) is 50.2 Å². The third kappa shape index (κ3) is 1.69. The molecule has 1 rings (SSSR count). The average molecular weight is 158 g/mol. The van der Waals surface area contributed by atoms with Crippen LogP contribution in [0.5, 0.6) is 0 Å². The monoisotopic (exact) mass is 158 g/mol. The fourth-order valence-electron chi connectivity index (χ4n) is 1.90. The van der Waals surface area contributed by atoms with Crippen LogP contribution in [0.15, 0.2) is 0 Å². The van der Waals surface area contributed by atoms with Crippen molar-refractivity contribution in [3.63, 3.8) is 0 Å². The Kier molecular flexibility index (Phi) is 3.09. The van der Waals surface area contributed by atoms with E-state index in [0.717, 1.165) is 0 Å². The number of hydrogen-bond acceptors (Lipinski definition) is 1. The second-order valence-electron chi connectivity index (χ2n) is 3.30. The van der Waals surface area contributed by atoms with Crippen LogP contribution >= 0.6 is 11.8 Å². The summed E-state index contributed by atoms with van der Waals surface area (Å²) in [6, 6.07) is 0. The first kappa shape index (κ1) is 8.45. The minimum Gasteiger partial charge on any atom is -0.159 e. The predicted molar refractivity (Wildman–Crippen MR) is 49.6 cm³/mol. The van der Waals surface area contributed by atoms with Crippen molar-refractivity contribution in [1.82, 2.24) is 0 Å². The van der Waals surface area contributed by atoms with Crippen molar-refractivity contribution in [1.29, 1.82) is 0 Å². The molecule has 1 aliphatic rings. The van der Waals surface area contributed by atoms with E-state index in [9.17, 15) is 0 Å². The summed E-state index contributed by atoms with van der Waals surface area (Å²) in [5, 5.41) is 0. The van der Waals surface area contributed by atoms with Gasteiger partial charge in [-0.15, -0.1) is 0 Å². The molecule has 0 amide bonds. The number of rotatable bonds is 2. The van der Waals surface area contributed by atoms with Gasteiger partial charge in [0, 0.05) is 4.75 Å². The smallest absolute Gasteiger partial charge is 0.0154 e. The number of thioether (sulfide) groups is 1. The van der Waals surface area contributed by atoms with E-state index < -0.39 is 0 Å². The Balaban J connectivity index is 2.44. The van der Waals surface area contributed by atoms with Crippen molar-refractivity contribution < 1.29 is 0 Å². The molecule has 0 nitrogen and oxygen atoms in total. The lowest BCUT2D eigenvalue weighted by Crippen LogP contribution is -2.26. The van der Waals surface area contributed by atoms with Gasteiger partial charge in [-0.05, 0) is 25.5 Å². The minimum absolute atomic E-state index is 0.679. The molecule has 0 bridgehead atoms. The topological polar surface area (TPSA) is 0 Å². The van der Waals surface area contributed by atoms with Crippen LogP contribution in [0.4, 0.5) is 0 Å². The van der Waals surface area contributed by atoms with Gasteiger partial charge in [0.2, 0.25) is 0 Å². The Morgan fingerprint density at radius 3 is 2.10 bits per heavy atom. The Labute approximate surface area is 68.8 Å². The maximum absolute atomic E-state index is 2.34. The zero-order valence-corrected chi connectivity index (χ0v) is 7.97. The fraction of sp³-hybridized carbons (Fsp3) is 1.00. The van der Waals surface area contributed by atoms with E-state index in [2.05, 4.69) is 24.9 Å². The molecule has 0 aromatic rings. The summed E-state index contributed by atoms with van der Waals surface area (Å²) in [5.74, 6) is 0. The van der Waals surface area contributed by atoms with E-state index in [4.69, 9.17) is 0 Å². The molecule has 0 aliphatic heterocycles. The van der Waals surface area contributed by atoms with E-state index in [1.165, 1.54) is 38.5 Å². The van der Waals surface area contributed by atoms with Crippen LogP contribution in [-0.2, 0) is 0 Å². The summed E-state index contributed by atoms with van der Waals surface area (Å²) < 4.78 is 0.679. The first-order chi connectivity index (χ1) is 4.83. The van der Waals surface area contributed by atoms with E-state index in [0.29, 0.717) is 4.75 Å². The molecule has 1 saturated carbocycles. The van der Waals surface area contributed by atoms with E-state index in [1.54, 1.807) is 0 Å². The summed E-state index contributed by atoms with van der Waals surface area (Å²) in [4.78, 5) is 0. The molecule has 0 atom stereocenters. The van der Waals surface area contributed by atoms with Gasteiger partial charge >= 0.3 is 0 Å². The summed E-state index contributed by atoms with van der Waals surface area (Å²) in [7, 11) is 0. The van der Waals surface area contributed by atoms with Crippen molar-refractivity contribution in [2.24, 2.45) is 0 Å². The largest absolute Gasteiger partial charge is 0.159 e. The molecule has 0 N–H and O–H groups in total. The van der Waals surface area contributed by atoms with Crippen LogP contribution in [-0.4, -0.2) is 11.0 Å². The number of hydrogen-bond donors (Lipinski definition) is 0. The third-order valence-electron chi connectivity index (χ3n) is 2.84. The Morgan fingerprint density at radius 2 is 1.80 bits per heavy atom. The fourth-order valence-corrected chi connectivity index (χ4v) is 2.88. The first-order valence-corrected chi connectivity index (χ1v) is 5.60. The van der Waals surface area contributed by atoms with Crippen LogP contribution in [0, 0.1) is 0 Å². The van der Waals surface area contributed by atoms with Gasteiger partial charge in [0.15, 0.2) is 0 Å². The normalized spacial score (nSPS) is 24.6. The van der Waals surface area contributed by atoms with Gasteiger partial charge < -0.3 is 0 Å². The SMILES string of the molecule is CCC1(SC)CCCCC1. The molecular weight excluding hydrogens is 140 g/mol. The van der Waals surface area contributed by atoms with E-state index in [-0.39, 0.29) is 0 Å². The maximum atomic E-state index is 2.34. The maximum Gasteiger partial charge on any atom is 0.0154 e. The molecule has 0 aromatic carbocycles. The second-order valence-corrected chi connectivity index (χ2v) is 4.58. The summed E-state index contributed by atoms with van der Waals surface area (Å²) in [6.07, 6.45) is 11.0. The summed E-state index contributed by atoms with van der Waals surface area (Å²) in [6.45, 7) is 2.34. The van der Waals surface area contributed by atoms with E-state index in [1.807, 2.05) is 0 Å². The van der Waals surface area contributed by atoms with E-state index >= 15 is 0 Å². The highest BCUT2D eigenvalue weighted by Gasteiger charge is 2.28. The first-order valence-electron chi connectivity index (χ1n) is 4.38. The predicted octanol–water partition coefficient (Wildman–Crippen LogP) is 3.46. The van der Waals surface area contributed by atoms with Gasteiger partial charge in [-0.3, -0.25) is 0 Å². The van der Waals surface area contributed by atoms with Crippen LogP contribution < -0.4 is 0 Å². The molecule has 1 heteroatoms. The third-order valence-corrected chi connectivity index (χ3v) is 4.41. The second kappa shape index (κ2) is 3.66. The van der Waals surface area contributed by atoms with Crippen LogP contribution in [0.2, 0.25) is 0 Å². The van der Waals surface area contributed by atoms with Crippen LogP contribution in [0.25, 0.3) is 0 Å². The lowest BCUT2D eigenvalue weighted by Gasteiger charge is -2.34. The molecule has 0 saturated heterocycles. The van der Waals surface area contributed by atoms with Crippen molar-refractivity contribution in [2.75, 3.05) is 6.26 Å². The van der Waals surface area contributed by atoms with Gasteiger partial charge in [-0.1, -0.05) is 26.2 Å². The molecule has 1 fully saturated rings. The van der Waals surface area contributed by atoms with Crippen molar-refractivity contribution in [3.8, 4) is 0 Å². The Hall–Kier alpha value is 0.350. The lowest BCUT2D eigenvalue weighted by atomic mass is 9.86. The Morgan fingerprint density at radius 1 is 1.20 bits per heavy atom. The highest BCUT2D eigenvalue weighted by atomic mass is 32.2. The van der Waals surface area contributed by atoms with Gasteiger partial charge in [0.25, 0.3) is 0 Å². The highest BCUT2D eigenvalue weighted by Crippen LogP contribution is 2.40. The zero-order chi connectivity index (χ0) is 7.45. The molecule has 0 aromatic heterocycles. The molecule has 1 aliphatic carbocycles. The van der Waals surface area contributed by atoms with Gasteiger partial charge in [-0.25, -0.2) is 0 Å². The molecule has 0 spiro atoms. The summed E-state index contributed by atoms with van der Waals surface area (Å²) >= 11 is 2.09. The minimum atomic E-state index is 0.679. The molecule has 60 valence electrons. The van der Waals surface area contributed by atoms with Crippen LogP contribution in [0.1, 0.15) is 45.4 Å². The van der Waals surface area contributed by atoms with Crippen molar-refractivity contribution >= 4 is 11.8 Å². The summed E-state index contributed by atoms with van der Waals surface area (Å²) in [5.41, 5.74) is 0. The zero-order valence-electron chi connectivity index (χ0n) is 7.15. The molecule has 10 heavy (non-hydrogen) atoms. The van der Waals surface area contributed by atoms with Gasteiger partial charge in [0.1, 0.15) is 0 Å². The van der Waals surface area contributed by atoms with Crippen LogP contribution in [0.3, 0.4) is 0 Å². The highest BCUT2D eigenvalue weighted by molar-refractivity contribution is 8.00.